The second-order valence-electron chi connectivity index (χ2n) is 6.48. The molecular formula is C15H24BN3O2. The highest BCUT2D eigenvalue weighted by atomic mass is 16.7. The number of nitrogens with two attached hydrogens (primary N) is 2. The molecule has 21 heavy (non-hydrogen) atoms. The maximum absolute atomic E-state index is 6.03. The summed E-state index contributed by atoms with van der Waals surface area (Å²) in [7, 11) is -0.446. The van der Waals surface area contributed by atoms with Crippen molar-refractivity contribution in [1.29, 1.82) is 0 Å². The van der Waals surface area contributed by atoms with Crippen LogP contribution in [-0.2, 0) is 9.31 Å². The van der Waals surface area contributed by atoms with Gasteiger partial charge in [-0.3, -0.25) is 4.98 Å². The highest BCUT2D eigenvalue weighted by molar-refractivity contribution is 6.55. The van der Waals surface area contributed by atoms with E-state index in [1.807, 2.05) is 46.8 Å². The van der Waals surface area contributed by atoms with Crippen LogP contribution in [0.1, 0.15) is 39.0 Å². The van der Waals surface area contributed by atoms with Crippen LogP contribution in [0.3, 0.4) is 0 Å². The Morgan fingerprint density at radius 3 is 2.33 bits per heavy atom. The first kappa shape index (κ1) is 16.0. The van der Waals surface area contributed by atoms with Crippen molar-refractivity contribution in [1.82, 2.24) is 4.98 Å². The number of aryl methyl sites for hydroxylation is 1. The fourth-order valence-corrected chi connectivity index (χ4v) is 2.15. The number of anilines is 1. The molecular weight excluding hydrogens is 265 g/mol. The van der Waals surface area contributed by atoms with Gasteiger partial charge in [0.2, 0.25) is 0 Å². The summed E-state index contributed by atoms with van der Waals surface area (Å²) < 4.78 is 12.1. The van der Waals surface area contributed by atoms with Crippen LogP contribution in [0.5, 0.6) is 0 Å². The molecule has 0 radical (unpaired) electrons. The number of pyridine rings is 1. The molecule has 1 aliphatic rings. The third-order valence-electron chi connectivity index (χ3n) is 4.25. The SMILES string of the molecule is Cc1cc(N)cnc1C=C(CN)B1OC(C)(C)C(C)(C)O1. The van der Waals surface area contributed by atoms with Crippen LogP contribution in [-0.4, -0.2) is 29.8 Å². The quantitative estimate of drug-likeness (QED) is 0.831. The fraction of sp³-hybridized carbons (Fsp3) is 0.533. The summed E-state index contributed by atoms with van der Waals surface area (Å²) >= 11 is 0. The summed E-state index contributed by atoms with van der Waals surface area (Å²) in [4.78, 5) is 4.34. The molecule has 4 N–H and O–H groups in total. The van der Waals surface area contributed by atoms with Crippen molar-refractivity contribution in [3.8, 4) is 0 Å². The van der Waals surface area contributed by atoms with Gasteiger partial charge in [0.25, 0.3) is 0 Å². The van der Waals surface area contributed by atoms with E-state index in [1.54, 1.807) is 6.20 Å². The number of nitrogens with zero attached hydrogens (tertiary/aromatic N) is 1. The fourth-order valence-electron chi connectivity index (χ4n) is 2.15. The predicted octanol–water partition coefficient (Wildman–Crippen LogP) is 1.95. The Balaban J connectivity index is 2.31. The van der Waals surface area contributed by atoms with Crippen molar-refractivity contribution in [3.63, 3.8) is 0 Å². The van der Waals surface area contributed by atoms with Crippen LogP contribution >= 0.6 is 0 Å². The minimum Gasteiger partial charge on any atom is -0.400 e. The zero-order valence-corrected chi connectivity index (χ0v) is 13.4. The molecule has 1 saturated heterocycles. The maximum atomic E-state index is 6.03. The number of hydrogen-bond acceptors (Lipinski definition) is 5. The van der Waals surface area contributed by atoms with Crippen molar-refractivity contribution >= 4 is 18.9 Å². The summed E-state index contributed by atoms with van der Waals surface area (Å²) in [5.74, 6) is 0. The Bertz CT molecular complexity index is 554. The third-order valence-corrected chi connectivity index (χ3v) is 4.25. The van der Waals surface area contributed by atoms with Crippen molar-refractivity contribution in [2.24, 2.45) is 5.73 Å². The Hall–Kier alpha value is -1.37. The Morgan fingerprint density at radius 1 is 1.29 bits per heavy atom. The smallest absolute Gasteiger partial charge is 0.400 e. The number of aromatic nitrogens is 1. The van der Waals surface area contributed by atoms with E-state index in [4.69, 9.17) is 20.8 Å². The zero-order chi connectivity index (χ0) is 15.8. The van der Waals surface area contributed by atoms with Crippen molar-refractivity contribution in [3.05, 3.63) is 29.0 Å². The van der Waals surface area contributed by atoms with Crippen molar-refractivity contribution in [2.75, 3.05) is 12.3 Å². The van der Waals surface area contributed by atoms with Gasteiger partial charge in [0.05, 0.1) is 28.8 Å². The van der Waals surface area contributed by atoms with E-state index < -0.39 is 7.12 Å². The van der Waals surface area contributed by atoms with Crippen LogP contribution in [0.4, 0.5) is 5.69 Å². The number of hydrogen-bond donors (Lipinski definition) is 2. The van der Waals surface area contributed by atoms with Crippen molar-refractivity contribution in [2.45, 2.75) is 45.8 Å². The van der Waals surface area contributed by atoms with E-state index in [9.17, 15) is 0 Å². The van der Waals surface area contributed by atoms with E-state index in [1.165, 1.54) is 0 Å². The highest BCUT2D eigenvalue weighted by Gasteiger charge is 2.52. The molecule has 0 amide bonds. The molecule has 6 heteroatoms. The molecule has 114 valence electrons. The van der Waals surface area contributed by atoms with Gasteiger partial charge in [0.1, 0.15) is 0 Å². The summed E-state index contributed by atoms with van der Waals surface area (Å²) in [6, 6.07) is 1.89. The normalized spacial score (nSPS) is 20.9. The summed E-state index contributed by atoms with van der Waals surface area (Å²) in [6.45, 7) is 10.4. The maximum Gasteiger partial charge on any atom is 0.491 e. The second kappa shape index (κ2) is 5.44. The van der Waals surface area contributed by atoms with Crippen molar-refractivity contribution < 1.29 is 9.31 Å². The standard InChI is InChI=1S/C15H24BN3O2/c1-10-6-12(18)9-19-13(10)7-11(8-17)16-20-14(2,3)15(4,5)21-16/h6-7,9H,8,17-18H2,1-5H3. The molecule has 1 aromatic rings. The highest BCUT2D eigenvalue weighted by Crippen LogP contribution is 2.38. The molecule has 0 unspecified atom stereocenters. The molecule has 2 rings (SSSR count). The molecule has 1 aromatic heterocycles. The summed E-state index contributed by atoms with van der Waals surface area (Å²) in [5, 5.41) is 0. The summed E-state index contributed by atoms with van der Waals surface area (Å²) in [6.07, 6.45) is 3.56. The predicted molar refractivity (Wildman–Crippen MR) is 86.5 cm³/mol. The molecule has 0 saturated carbocycles. The van der Waals surface area contributed by atoms with E-state index >= 15 is 0 Å². The average Bonchev–Trinajstić information content (AvgIpc) is 2.57. The average molecular weight is 289 g/mol. The minimum absolute atomic E-state index is 0.350. The van der Waals surface area contributed by atoms with Gasteiger partial charge in [-0.2, -0.15) is 0 Å². The Morgan fingerprint density at radius 2 is 1.86 bits per heavy atom. The third kappa shape index (κ3) is 3.12. The lowest BCUT2D eigenvalue weighted by Crippen LogP contribution is -2.41. The number of nitrogen functional groups attached to an aromatic ring is 1. The van der Waals surface area contributed by atoms with E-state index in [-0.39, 0.29) is 11.2 Å². The molecule has 0 atom stereocenters. The van der Waals surface area contributed by atoms with E-state index in [2.05, 4.69) is 4.98 Å². The Kier molecular flexibility index (Phi) is 4.15. The number of rotatable bonds is 3. The molecule has 5 nitrogen and oxygen atoms in total. The van der Waals surface area contributed by atoms with E-state index in [0.29, 0.717) is 12.2 Å². The molecule has 2 heterocycles. The first-order chi connectivity index (χ1) is 9.66. The zero-order valence-electron chi connectivity index (χ0n) is 13.4. The van der Waals surface area contributed by atoms with Gasteiger partial charge in [0, 0.05) is 6.54 Å². The van der Waals surface area contributed by atoms with Crippen LogP contribution in [0, 0.1) is 6.92 Å². The monoisotopic (exact) mass is 289 g/mol. The van der Waals surface area contributed by atoms with E-state index in [0.717, 1.165) is 16.7 Å². The molecule has 0 spiro atoms. The lowest BCUT2D eigenvalue weighted by molar-refractivity contribution is 0.00578. The van der Waals surface area contributed by atoms with Gasteiger partial charge in [-0.25, -0.2) is 0 Å². The minimum atomic E-state index is -0.446. The lowest BCUT2D eigenvalue weighted by atomic mass is 9.77. The summed E-state index contributed by atoms with van der Waals surface area (Å²) in [5.41, 5.74) is 14.2. The second-order valence-corrected chi connectivity index (χ2v) is 6.48. The first-order valence-corrected chi connectivity index (χ1v) is 7.14. The van der Waals surface area contributed by atoms with Crippen LogP contribution in [0.25, 0.3) is 6.08 Å². The van der Waals surface area contributed by atoms with Gasteiger partial charge in [-0.15, -0.1) is 0 Å². The van der Waals surface area contributed by atoms with Crippen LogP contribution in [0.15, 0.2) is 17.7 Å². The largest absolute Gasteiger partial charge is 0.491 e. The van der Waals surface area contributed by atoms with Crippen LogP contribution < -0.4 is 11.5 Å². The van der Waals surface area contributed by atoms with Gasteiger partial charge in [-0.1, -0.05) is 0 Å². The molecule has 1 aliphatic heterocycles. The van der Waals surface area contributed by atoms with Crippen LogP contribution in [0.2, 0.25) is 0 Å². The molecule has 0 bridgehead atoms. The topological polar surface area (TPSA) is 83.4 Å². The Labute approximate surface area is 126 Å². The first-order valence-electron chi connectivity index (χ1n) is 7.14. The van der Waals surface area contributed by atoms with Gasteiger partial charge >= 0.3 is 7.12 Å². The van der Waals surface area contributed by atoms with Gasteiger partial charge in [0.15, 0.2) is 0 Å². The lowest BCUT2D eigenvalue weighted by Gasteiger charge is -2.32. The van der Waals surface area contributed by atoms with Gasteiger partial charge < -0.3 is 20.8 Å². The van der Waals surface area contributed by atoms with Gasteiger partial charge in [-0.05, 0) is 57.8 Å². The molecule has 0 aromatic carbocycles. The molecule has 0 aliphatic carbocycles. The molecule has 1 fully saturated rings.